The Labute approximate surface area is 271 Å². The molecule has 10 rings (SSSR count). The number of rotatable bonds is 3. The van der Waals surface area contributed by atoms with Crippen molar-refractivity contribution in [1.29, 1.82) is 0 Å². The highest BCUT2D eigenvalue weighted by atomic mass is 15.1. The summed E-state index contributed by atoms with van der Waals surface area (Å²) in [6, 6.07) is 58.6. The second-order valence-corrected chi connectivity index (χ2v) is 12.2. The number of hydrogen-bond acceptors (Lipinski definition) is 2. The van der Waals surface area contributed by atoms with Gasteiger partial charge in [0, 0.05) is 10.9 Å². The molecule has 0 atom stereocenters. The molecular weight excluding hydrogens is 571 g/mol. The van der Waals surface area contributed by atoms with E-state index in [1.807, 2.05) is 12.1 Å². The van der Waals surface area contributed by atoms with Crippen LogP contribution in [0.4, 0.5) is 0 Å². The van der Waals surface area contributed by atoms with E-state index < -0.39 is 0 Å². The van der Waals surface area contributed by atoms with E-state index in [0.717, 1.165) is 44.5 Å². The number of benzene rings is 8. The Kier molecular flexibility index (Phi) is 5.57. The highest BCUT2D eigenvalue weighted by molar-refractivity contribution is 6.21. The fourth-order valence-corrected chi connectivity index (χ4v) is 7.45. The number of nitrogens with zero attached hydrogens (tertiary/aromatic N) is 3. The molecule has 8 aromatic carbocycles. The van der Waals surface area contributed by atoms with Gasteiger partial charge in [0.2, 0.25) is 0 Å². The van der Waals surface area contributed by atoms with Crippen LogP contribution in [0, 0.1) is 0 Å². The lowest BCUT2D eigenvalue weighted by Gasteiger charge is -2.18. The molecular formula is C44H27N3. The molecule has 2 aromatic heterocycles. The molecule has 0 aliphatic carbocycles. The van der Waals surface area contributed by atoms with Gasteiger partial charge in [-0.1, -0.05) is 127 Å². The van der Waals surface area contributed by atoms with E-state index in [-0.39, 0.29) is 0 Å². The molecule has 0 bridgehead atoms. The van der Waals surface area contributed by atoms with Crippen LogP contribution in [0.5, 0.6) is 0 Å². The molecule has 47 heavy (non-hydrogen) atoms. The van der Waals surface area contributed by atoms with Gasteiger partial charge in [-0.15, -0.1) is 0 Å². The fourth-order valence-electron chi connectivity index (χ4n) is 7.45. The van der Waals surface area contributed by atoms with Crippen LogP contribution in [-0.2, 0) is 0 Å². The first-order valence-electron chi connectivity index (χ1n) is 16.0. The molecule has 0 unspecified atom stereocenters. The minimum atomic E-state index is 0.885. The maximum atomic E-state index is 5.26. The molecule has 218 valence electrons. The standard InChI is InChI=1S/C44H27N3/c1-2-13-29-26-31(25-24-28(29)12-1)42-35-18-5-3-16-33(35)41(34-17-4-6-19-36(34)42)30-14-11-15-32(27-30)43-45-38-21-8-7-20-37(38)44-46-39-22-9-10-23-40(39)47(43)44/h1-27H. The smallest absolute Gasteiger partial charge is 0.149 e. The topological polar surface area (TPSA) is 30.2 Å². The number of fused-ring (bicyclic) bond motifs is 8. The van der Waals surface area contributed by atoms with Crippen LogP contribution in [-0.4, -0.2) is 14.4 Å². The maximum absolute atomic E-state index is 5.26. The van der Waals surface area contributed by atoms with E-state index in [0.29, 0.717) is 0 Å². The second-order valence-electron chi connectivity index (χ2n) is 12.2. The lowest BCUT2D eigenvalue weighted by Crippen LogP contribution is -1.98. The summed E-state index contributed by atoms with van der Waals surface area (Å²) in [7, 11) is 0. The predicted molar refractivity (Wildman–Crippen MR) is 197 cm³/mol. The fraction of sp³-hybridized carbons (Fsp3) is 0. The monoisotopic (exact) mass is 597 g/mol. The second kappa shape index (κ2) is 10.1. The minimum Gasteiger partial charge on any atom is -0.276 e. The minimum absolute atomic E-state index is 0.885. The summed E-state index contributed by atoms with van der Waals surface area (Å²) in [5.74, 6) is 0.885. The van der Waals surface area contributed by atoms with Crippen LogP contribution in [0.25, 0.3) is 93.5 Å². The molecule has 2 heterocycles. The third kappa shape index (κ3) is 3.93. The Balaban J connectivity index is 1.26. The van der Waals surface area contributed by atoms with Crippen molar-refractivity contribution in [3.8, 4) is 33.6 Å². The van der Waals surface area contributed by atoms with E-state index in [1.165, 1.54) is 49.0 Å². The van der Waals surface area contributed by atoms with Gasteiger partial charge in [-0.05, 0) is 91.0 Å². The molecule has 0 spiro atoms. The first-order valence-corrected chi connectivity index (χ1v) is 16.0. The van der Waals surface area contributed by atoms with Crippen LogP contribution in [0.3, 0.4) is 0 Å². The third-order valence-corrected chi connectivity index (χ3v) is 9.52. The molecule has 3 heteroatoms. The quantitative estimate of drug-likeness (QED) is 0.190. The summed E-state index contributed by atoms with van der Waals surface area (Å²) in [5.41, 5.74) is 9.81. The normalized spacial score (nSPS) is 11.8. The van der Waals surface area contributed by atoms with Gasteiger partial charge in [0.15, 0.2) is 0 Å². The van der Waals surface area contributed by atoms with Crippen LogP contribution in [0.2, 0.25) is 0 Å². The average Bonchev–Trinajstić information content (AvgIpc) is 3.53. The van der Waals surface area contributed by atoms with Gasteiger partial charge in [0.25, 0.3) is 0 Å². The first kappa shape index (κ1) is 26.0. The predicted octanol–water partition coefficient (Wildman–Crippen LogP) is 11.5. The number of hydrogen-bond donors (Lipinski definition) is 0. The van der Waals surface area contributed by atoms with Crippen molar-refractivity contribution >= 4 is 59.9 Å². The van der Waals surface area contributed by atoms with Crippen molar-refractivity contribution in [3.63, 3.8) is 0 Å². The molecule has 10 aromatic rings. The Hall–Kier alpha value is -6.32. The Morgan fingerprint density at radius 1 is 0.362 bits per heavy atom. The molecule has 0 N–H and O–H groups in total. The summed E-state index contributed by atoms with van der Waals surface area (Å²) < 4.78 is 2.22. The van der Waals surface area contributed by atoms with Crippen LogP contribution in [0.15, 0.2) is 164 Å². The molecule has 0 saturated carbocycles. The van der Waals surface area contributed by atoms with E-state index in [2.05, 4.69) is 156 Å². The first-order chi connectivity index (χ1) is 23.3. The molecule has 0 aliphatic rings. The Morgan fingerprint density at radius 3 is 1.64 bits per heavy atom. The number of aromatic nitrogens is 3. The van der Waals surface area contributed by atoms with Crippen molar-refractivity contribution < 1.29 is 0 Å². The van der Waals surface area contributed by atoms with Gasteiger partial charge in [0.1, 0.15) is 11.5 Å². The van der Waals surface area contributed by atoms with Gasteiger partial charge in [0.05, 0.1) is 16.6 Å². The summed E-state index contributed by atoms with van der Waals surface area (Å²) >= 11 is 0. The molecule has 0 amide bonds. The number of imidazole rings is 1. The van der Waals surface area contributed by atoms with Crippen LogP contribution < -0.4 is 0 Å². The SMILES string of the molecule is c1cc(-c2c3ccccc3c(-c3ccc4ccccc4c3)c3ccccc23)cc(-c2nc3ccccc3c3nc4ccccc4n23)c1. The molecule has 0 radical (unpaired) electrons. The zero-order chi connectivity index (χ0) is 30.9. The van der Waals surface area contributed by atoms with Crippen molar-refractivity contribution in [3.05, 3.63) is 164 Å². The largest absolute Gasteiger partial charge is 0.276 e. The van der Waals surface area contributed by atoms with Gasteiger partial charge < -0.3 is 0 Å². The highest BCUT2D eigenvalue weighted by Gasteiger charge is 2.19. The molecule has 3 nitrogen and oxygen atoms in total. The summed E-state index contributed by atoms with van der Waals surface area (Å²) in [6.45, 7) is 0. The maximum Gasteiger partial charge on any atom is 0.149 e. The van der Waals surface area contributed by atoms with Gasteiger partial charge >= 0.3 is 0 Å². The van der Waals surface area contributed by atoms with Gasteiger partial charge in [-0.3, -0.25) is 4.40 Å². The van der Waals surface area contributed by atoms with Crippen molar-refractivity contribution in [2.24, 2.45) is 0 Å². The zero-order valence-electron chi connectivity index (χ0n) is 25.4. The van der Waals surface area contributed by atoms with Crippen LogP contribution >= 0.6 is 0 Å². The van der Waals surface area contributed by atoms with Gasteiger partial charge in [-0.25, -0.2) is 9.97 Å². The van der Waals surface area contributed by atoms with Crippen LogP contribution in [0.1, 0.15) is 0 Å². The van der Waals surface area contributed by atoms with Gasteiger partial charge in [-0.2, -0.15) is 0 Å². The Morgan fingerprint density at radius 2 is 0.915 bits per heavy atom. The van der Waals surface area contributed by atoms with E-state index in [9.17, 15) is 0 Å². The van der Waals surface area contributed by atoms with Crippen molar-refractivity contribution in [1.82, 2.24) is 14.4 Å². The lowest BCUT2D eigenvalue weighted by molar-refractivity contribution is 1.16. The Bertz CT molecular complexity index is 2800. The lowest BCUT2D eigenvalue weighted by atomic mass is 9.85. The van der Waals surface area contributed by atoms with Crippen molar-refractivity contribution in [2.45, 2.75) is 0 Å². The van der Waals surface area contributed by atoms with E-state index >= 15 is 0 Å². The molecule has 0 fully saturated rings. The van der Waals surface area contributed by atoms with E-state index in [1.54, 1.807) is 0 Å². The summed E-state index contributed by atoms with van der Waals surface area (Å²) in [5, 5.41) is 8.50. The molecule has 0 aliphatic heterocycles. The highest BCUT2D eigenvalue weighted by Crippen LogP contribution is 2.44. The summed E-state index contributed by atoms with van der Waals surface area (Å²) in [6.07, 6.45) is 0. The van der Waals surface area contributed by atoms with Crippen molar-refractivity contribution in [2.75, 3.05) is 0 Å². The average molecular weight is 598 g/mol. The number of para-hydroxylation sites is 3. The zero-order valence-corrected chi connectivity index (χ0v) is 25.4. The summed E-state index contributed by atoms with van der Waals surface area (Å²) in [4.78, 5) is 10.3. The van der Waals surface area contributed by atoms with E-state index in [4.69, 9.17) is 9.97 Å². The third-order valence-electron chi connectivity index (χ3n) is 9.52. The molecule has 0 saturated heterocycles.